The van der Waals surface area contributed by atoms with E-state index < -0.39 is 15.4 Å². The van der Waals surface area contributed by atoms with E-state index in [9.17, 15) is 0 Å². The van der Waals surface area contributed by atoms with Crippen molar-refractivity contribution in [2.24, 2.45) is 0 Å². The van der Waals surface area contributed by atoms with E-state index in [0.717, 1.165) is 0 Å². The Balaban J connectivity index is -0.0000000450. The molecule has 35 valence electrons. The molecule has 0 heterocycles. The summed E-state index contributed by atoms with van der Waals surface area (Å²) in [6, 6.07) is 0. The summed E-state index contributed by atoms with van der Waals surface area (Å²) >= 11 is -3.69. The van der Waals surface area contributed by atoms with Crippen molar-refractivity contribution in [2.75, 3.05) is 0 Å². The van der Waals surface area contributed by atoms with Crippen LogP contribution in [0, 0.1) is 0 Å². The van der Waals surface area contributed by atoms with E-state index in [0.29, 0.717) is 0 Å². The van der Waals surface area contributed by atoms with Gasteiger partial charge in [0.05, 0.1) is 0 Å². The van der Waals surface area contributed by atoms with Gasteiger partial charge in [-0.2, -0.15) is 0 Å². The van der Waals surface area contributed by atoms with Crippen LogP contribution in [0.25, 0.3) is 0 Å². The summed E-state index contributed by atoms with van der Waals surface area (Å²) in [6.07, 6.45) is 0. The van der Waals surface area contributed by atoms with E-state index in [1.807, 2.05) is 0 Å². The van der Waals surface area contributed by atoms with Gasteiger partial charge in [0.1, 0.15) is 0 Å². The third kappa shape index (κ3) is 60.8. The maximum absolute atomic E-state index is 8.67. The molecule has 0 amide bonds. The van der Waals surface area contributed by atoms with Crippen LogP contribution in [0.5, 0.6) is 0 Å². The van der Waals surface area contributed by atoms with E-state index in [1.165, 1.54) is 0 Å². The molecule has 0 aliphatic carbocycles. The molecular formula is H2CoLiO3V. The van der Waals surface area contributed by atoms with Crippen LogP contribution in [0.4, 0.5) is 0 Å². The van der Waals surface area contributed by atoms with Crippen molar-refractivity contribution in [2.45, 2.75) is 0 Å². The maximum atomic E-state index is 8.67. The summed E-state index contributed by atoms with van der Waals surface area (Å²) in [5.41, 5.74) is 0. The fraction of sp³-hybridized carbons (Fsp3) is 0. The van der Waals surface area contributed by atoms with Crippen molar-refractivity contribution in [3.05, 3.63) is 0 Å². The van der Waals surface area contributed by atoms with Gasteiger partial charge >= 0.3 is 45.6 Å². The second kappa shape index (κ2) is 9.54. The molecule has 0 atom stereocenters. The van der Waals surface area contributed by atoms with Crippen molar-refractivity contribution in [3.63, 3.8) is 0 Å². The van der Waals surface area contributed by atoms with Crippen LogP contribution in [-0.4, -0.2) is 22.9 Å². The Morgan fingerprint density at radius 2 is 1.33 bits per heavy atom. The van der Waals surface area contributed by atoms with Gasteiger partial charge in [0.15, 0.2) is 0 Å². The molecule has 0 aromatic rings. The van der Waals surface area contributed by atoms with E-state index in [-0.39, 0.29) is 35.6 Å². The van der Waals surface area contributed by atoms with E-state index in [4.69, 9.17) is 11.4 Å². The van der Waals surface area contributed by atoms with E-state index in [1.54, 1.807) is 0 Å². The van der Waals surface area contributed by atoms with Gasteiger partial charge in [0.25, 0.3) is 0 Å². The van der Waals surface area contributed by atoms with Gasteiger partial charge in [-0.05, 0) is 0 Å². The van der Waals surface area contributed by atoms with Gasteiger partial charge in [0, 0.05) is 16.8 Å². The van der Waals surface area contributed by atoms with Crippen molar-refractivity contribution in [1.29, 1.82) is 0 Å². The SMILES string of the molecule is [Co].[LiH].[O]=[V](=[O])[OH]. The molecule has 0 aliphatic heterocycles. The Kier molecular flexibility index (Phi) is 24.9. The number of hydrogen-bond donors (Lipinski definition) is 1. The van der Waals surface area contributed by atoms with Crippen LogP contribution in [0.1, 0.15) is 0 Å². The van der Waals surface area contributed by atoms with Gasteiger partial charge in [0.2, 0.25) is 0 Å². The molecule has 0 saturated carbocycles. The first-order valence-electron chi connectivity index (χ1n) is 0.565. The van der Waals surface area contributed by atoms with Crippen molar-refractivity contribution in [1.82, 2.24) is 0 Å². The normalized spacial score (nSPS) is 4.17. The standard InChI is InChI=1S/Co.Li.H2O.2O.V.H/h;;1H2;;;;/q;;;;;+1;/p-1. The zero-order valence-corrected chi connectivity index (χ0v) is 4.48. The van der Waals surface area contributed by atoms with E-state index in [2.05, 4.69) is 0 Å². The molecule has 0 aromatic heterocycles. The predicted octanol–water partition coefficient (Wildman–Crippen LogP) is -1.45. The van der Waals surface area contributed by atoms with Crippen LogP contribution in [0.15, 0.2) is 0 Å². The first kappa shape index (κ1) is 15.7. The molecule has 0 fully saturated rings. The van der Waals surface area contributed by atoms with Gasteiger partial charge in [-0.3, -0.25) is 0 Å². The van der Waals surface area contributed by atoms with E-state index >= 15 is 0 Å². The molecule has 1 radical (unpaired) electrons. The summed E-state index contributed by atoms with van der Waals surface area (Å²) in [5, 5.41) is 0. The zero-order valence-electron chi connectivity index (χ0n) is 2.04. The molecule has 0 bridgehead atoms. The van der Waals surface area contributed by atoms with Crippen molar-refractivity contribution < 1.29 is 43.6 Å². The quantitative estimate of drug-likeness (QED) is 0.449. The molecular weight excluding hydrogens is 165 g/mol. The van der Waals surface area contributed by atoms with Crippen LogP contribution in [0.2, 0.25) is 0 Å². The fourth-order valence-corrected chi connectivity index (χ4v) is 0. The van der Waals surface area contributed by atoms with Gasteiger partial charge in [-0.15, -0.1) is 0 Å². The average molecular weight is 167 g/mol. The average Bonchev–Trinajstić information content (AvgIpc) is 0.811. The topological polar surface area (TPSA) is 54.4 Å². The molecule has 0 aliphatic rings. The minimum absolute atomic E-state index is 0. The van der Waals surface area contributed by atoms with Crippen molar-refractivity contribution >= 4 is 18.9 Å². The molecule has 1 N–H and O–H groups in total. The van der Waals surface area contributed by atoms with Gasteiger partial charge in [-0.1, -0.05) is 0 Å². The number of hydrogen-bond acceptors (Lipinski definition) is 2. The Morgan fingerprint density at radius 1 is 1.33 bits per heavy atom. The Labute approximate surface area is 62.2 Å². The first-order chi connectivity index (χ1) is 1.73. The molecule has 0 rings (SSSR count). The third-order valence-electron chi connectivity index (χ3n) is 0. The molecule has 0 spiro atoms. The van der Waals surface area contributed by atoms with Crippen LogP contribution in [-0.2, 0) is 39.5 Å². The molecule has 6 heteroatoms. The monoisotopic (exact) mass is 167 g/mol. The third-order valence-corrected chi connectivity index (χ3v) is 0. The first-order valence-corrected chi connectivity index (χ1v) is 2.33. The Morgan fingerprint density at radius 3 is 1.33 bits per heavy atom. The molecule has 6 heavy (non-hydrogen) atoms. The Bertz CT molecular complexity index is 59.2. The van der Waals surface area contributed by atoms with Crippen LogP contribution < -0.4 is 0 Å². The summed E-state index contributed by atoms with van der Waals surface area (Å²) in [6.45, 7) is 0. The van der Waals surface area contributed by atoms with Crippen LogP contribution >= 0.6 is 0 Å². The summed E-state index contributed by atoms with van der Waals surface area (Å²) in [7, 11) is 0. The second-order valence-corrected chi connectivity index (χ2v) is 0.981. The molecule has 0 unspecified atom stereocenters. The van der Waals surface area contributed by atoms with Gasteiger partial charge in [-0.25, -0.2) is 0 Å². The zero-order chi connectivity index (χ0) is 3.58. The second-order valence-electron chi connectivity index (χ2n) is 0.238. The van der Waals surface area contributed by atoms with Crippen molar-refractivity contribution in [3.8, 4) is 0 Å². The summed E-state index contributed by atoms with van der Waals surface area (Å²) in [4.78, 5) is 0. The fourth-order valence-electron chi connectivity index (χ4n) is 0. The molecule has 0 saturated heterocycles. The molecule has 0 aromatic carbocycles. The van der Waals surface area contributed by atoms with Gasteiger partial charge < -0.3 is 0 Å². The molecule has 3 nitrogen and oxygen atoms in total. The van der Waals surface area contributed by atoms with Crippen LogP contribution in [0.3, 0.4) is 0 Å². The predicted molar refractivity (Wildman–Crippen MR) is 10.7 cm³/mol. The minimum atomic E-state index is -3.69. The summed E-state index contributed by atoms with van der Waals surface area (Å²) in [5.74, 6) is 0. The number of rotatable bonds is 0. The Hall–Kier alpha value is 1.25. The summed E-state index contributed by atoms with van der Waals surface area (Å²) < 4.78 is 24.4.